The lowest BCUT2D eigenvalue weighted by molar-refractivity contribution is 0.423. The minimum absolute atomic E-state index is 0.0998. The molecule has 0 unspecified atom stereocenters. The van der Waals surface area contributed by atoms with Crippen LogP contribution < -0.4 is 0 Å². The molecule has 0 radical (unpaired) electrons. The normalized spacial score (nSPS) is 12.7. The fourth-order valence-electron chi connectivity index (χ4n) is 2.27. The van der Waals surface area contributed by atoms with E-state index in [0.717, 1.165) is 21.7 Å². The van der Waals surface area contributed by atoms with Gasteiger partial charge in [-0.2, -0.15) is 0 Å². The molecular weight excluding hydrogens is 266 g/mol. The summed E-state index contributed by atoms with van der Waals surface area (Å²) in [6, 6.07) is 4.15. The summed E-state index contributed by atoms with van der Waals surface area (Å²) in [5, 5.41) is 13.6. The SMILES string of the molecule is CC(C)(C)c1cc(-c2nccs2)cc(C(C)(C)C)c1O. The number of hydrogen-bond donors (Lipinski definition) is 1. The highest BCUT2D eigenvalue weighted by Crippen LogP contribution is 2.42. The van der Waals surface area contributed by atoms with Crippen molar-refractivity contribution >= 4 is 11.3 Å². The summed E-state index contributed by atoms with van der Waals surface area (Å²) in [6.07, 6.45) is 1.82. The van der Waals surface area contributed by atoms with Crippen LogP contribution in [0.15, 0.2) is 23.7 Å². The number of hydrogen-bond acceptors (Lipinski definition) is 3. The van der Waals surface area contributed by atoms with E-state index >= 15 is 0 Å². The van der Waals surface area contributed by atoms with Gasteiger partial charge in [-0.3, -0.25) is 0 Å². The van der Waals surface area contributed by atoms with E-state index < -0.39 is 0 Å². The Hall–Kier alpha value is -1.35. The molecule has 2 rings (SSSR count). The average Bonchev–Trinajstić information content (AvgIpc) is 2.79. The van der Waals surface area contributed by atoms with Crippen molar-refractivity contribution in [2.45, 2.75) is 52.4 Å². The highest BCUT2D eigenvalue weighted by Gasteiger charge is 2.27. The molecule has 0 saturated heterocycles. The molecule has 3 heteroatoms. The van der Waals surface area contributed by atoms with Crippen LogP contribution in [0.5, 0.6) is 5.75 Å². The van der Waals surface area contributed by atoms with Crippen molar-refractivity contribution in [2.75, 3.05) is 0 Å². The van der Waals surface area contributed by atoms with Gasteiger partial charge in [-0.1, -0.05) is 41.5 Å². The van der Waals surface area contributed by atoms with Crippen LogP contribution in [0.3, 0.4) is 0 Å². The van der Waals surface area contributed by atoms with E-state index in [4.69, 9.17) is 0 Å². The number of rotatable bonds is 1. The summed E-state index contributed by atoms with van der Waals surface area (Å²) in [7, 11) is 0. The van der Waals surface area contributed by atoms with Gasteiger partial charge < -0.3 is 5.11 Å². The zero-order valence-corrected chi connectivity index (χ0v) is 13.9. The van der Waals surface area contributed by atoms with Gasteiger partial charge in [0.25, 0.3) is 0 Å². The van der Waals surface area contributed by atoms with Gasteiger partial charge in [-0.25, -0.2) is 4.98 Å². The van der Waals surface area contributed by atoms with Crippen molar-refractivity contribution in [3.63, 3.8) is 0 Å². The molecule has 0 saturated carbocycles. The first-order valence-corrected chi connectivity index (χ1v) is 7.76. The topological polar surface area (TPSA) is 33.1 Å². The predicted molar refractivity (Wildman–Crippen MR) is 86.6 cm³/mol. The lowest BCUT2D eigenvalue weighted by Gasteiger charge is -2.28. The first-order chi connectivity index (χ1) is 9.10. The molecule has 0 aliphatic carbocycles. The number of phenolic OH excluding ortho intramolecular Hbond substituents is 1. The van der Waals surface area contributed by atoms with Crippen LogP contribution in [0.2, 0.25) is 0 Å². The molecule has 1 aromatic heterocycles. The lowest BCUT2D eigenvalue weighted by Crippen LogP contribution is -2.17. The van der Waals surface area contributed by atoms with Crippen LogP contribution in [-0.4, -0.2) is 10.1 Å². The third-order valence-electron chi connectivity index (χ3n) is 3.41. The first-order valence-electron chi connectivity index (χ1n) is 6.88. The van der Waals surface area contributed by atoms with Gasteiger partial charge in [0.15, 0.2) is 0 Å². The Kier molecular flexibility index (Phi) is 3.67. The highest BCUT2D eigenvalue weighted by atomic mass is 32.1. The molecule has 1 heterocycles. The van der Waals surface area contributed by atoms with Crippen molar-refractivity contribution < 1.29 is 5.11 Å². The second-order valence-electron chi connectivity index (χ2n) is 7.26. The highest BCUT2D eigenvalue weighted by molar-refractivity contribution is 7.13. The Morgan fingerprint density at radius 1 is 0.950 bits per heavy atom. The molecule has 0 atom stereocenters. The van der Waals surface area contributed by atoms with Gasteiger partial charge in [0.2, 0.25) is 0 Å². The fraction of sp³-hybridized carbons (Fsp3) is 0.471. The van der Waals surface area contributed by atoms with E-state index in [0.29, 0.717) is 5.75 Å². The van der Waals surface area contributed by atoms with Crippen molar-refractivity contribution in [3.05, 3.63) is 34.8 Å². The summed E-state index contributed by atoms with van der Waals surface area (Å²) in [4.78, 5) is 4.40. The molecule has 2 aromatic rings. The molecule has 2 nitrogen and oxygen atoms in total. The minimum Gasteiger partial charge on any atom is -0.507 e. The monoisotopic (exact) mass is 289 g/mol. The second kappa shape index (κ2) is 4.88. The summed E-state index contributed by atoms with van der Waals surface area (Å²) >= 11 is 1.63. The van der Waals surface area contributed by atoms with Crippen molar-refractivity contribution in [3.8, 4) is 16.3 Å². The largest absolute Gasteiger partial charge is 0.507 e. The van der Waals surface area contributed by atoms with E-state index in [1.165, 1.54) is 0 Å². The van der Waals surface area contributed by atoms with Crippen LogP contribution in [0.4, 0.5) is 0 Å². The van der Waals surface area contributed by atoms with E-state index in [9.17, 15) is 5.11 Å². The quantitative estimate of drug-likeness (QED) is 0.791. The maximum atomic E-state index is 10.7. The number of phenols is 1. The van der Waals surface area contributed by atoms with Gasteiger partial charge in [-0.15, -0.1) is 11.3 Å². The van der Waals surface area contributed by atoms with Crippen molar-refractivity contribution in [1.29, 1.82) is 0 Å². The van der Waals surface area contributed by atoms with Crippen LogP contribution in [0.25, 0.3) is 10.6 Å². The van der Waals surface area contributed by atoms with Crippen LogP contribution >= 0.6 is 11.3 Å². The van der Waals surface area contributed by atoms with Gasteiger partial charge in [0.05, 0.1) is 0 Å². The number of aromatic nitrogens is 1. The Balaban J connectivity index is 2.74. The summed E-state index contributed by atoms with van der Waals surface area (Å²) in [5.41, 5.74) is 2.85. The fourth-order valence-corrected chi connectivity index (χ4v) is 2.89. The van der Waals surface area contributed by atoms with Gasteiger partial charge in [-0.05, 0) is 23.0 Å². The van der Waals surface area contributed by atoms with E-state index in [1.807, 2.05) is 11.6 Å². The van der Waals surface area contributed by atoms with Crippen molar-refractivity contribution in [2.24, 2.45) is 0 Å². The Bertz CT molecular complexity index is 566. The third-order valence-corrected chi connectivity index (χ3v) is 4.23. The molecule has 0 fully saturated rings. The molecule has 108 valence electrons. The number of thiazole rings is 1. The molecule has 0 aliphatic heterocycles. The second-order valence-corrected chi connectivity index (χ2v) is 8.15. The molecule has 1 aromatic carbocycles. The van der Waals surface area contributed by atoms with E-state index in [2.05, 4.69) is 58.7 Å². The molecule has 0 spiro atoms. The predicted octanol–water partition coefficient (Wildman–Crippen LogP) is 5.11. The maximum Gasteiger partial charge on any atom is 0.123 e. The molecule has 20 heavy (non-hydrogen) atoms. The smallest absolute Gasteiger partial charge is 0.123 e. The maximum absolute atomic E-state index is 10.7. The molecule has 0 bridgehead atoms. The zero-order valence-electron chi connectivity index (χ0n) is 13.1. The lowest BCUT2D eigenvalue weighted by atomic mass is 9.78. The molecule has 0 aliphatic rings. The number of aromatic hydroxyl groups is 1. The van der Waals surface area contributed by atoms with Crippen LogP contribution in [0, 0.1) is 0 Å². The summed E-state index contributed by atoms with van der Waals surface area (Å²) < 4.78 is 0. The average molecular weight is 289 g/mol. The third kappa shape index (κ3) is 2.88. The van der Waals surface area contributed by atoms with E-state index in [-0.39, 0.29) is 10.8 Å². The van der Waals surface area contributed by atoms with Gasteiger partial charge in [0, 0.05) is 28.3 Å². The summed E-state index contributed by atoms with van der Waals surface area (Å²) in [5.74, 6) is 0.422. The first kappa shape index (κ1) is 15.0. The Morgan fingerprint density at radius 2 is 1.45 bits per heavy atom. The molecular formula is C17H23NOS. The standard InChI is InChI=1S/C17H23NOS/c1-16(2,3)12-9-11(15-18-7-8-20-15)10-13(14(12)19)17(4,5)6/h7-10,19H,1-6H3. The Labute approximate surface area is 125 Å². The Morgan fingerprint density at radius 3 is 1.80 bits per heavy atom. The zero-order chi connectivity index (χ0) is 15.1. The van der Waals surface area contributed by atoms with Gasteiger partial charge >= 0.3 is 0 Å². The van der Waals surface area contributed by atoms with Crippen LogP contribution in [0.1, 0.15) is 52.7 Å². The molecule has 1 N–H and O–H groups in total. The molecule has 0 amide bonds. The van der Waals surface area contributed by atoms with Crippen molar-refractivity contribution in [1.82, 2.24) is 4.98 Å². The number of benzene rings is 1. The summed E-state index contributed by atoms with van der Waals surface area (Å²) in [6.45, 7) is 12.8. The number of nitrogens with zero attached hydrogens (tertiary/aromatic N) is 1. The van der Waals surface area contributed by atoms with E-state index in [1.54, 1.807) is 11.3 Å². The van der Waals surface area contributed by atoms with Crippen LogP contribution in [-0.2, 0) is 10.8 Å². The minimum atomic E-state index is -0.0998. The van der Waals surface area contributed by atoms with Gasteiger partial charge in [0.1, 0.15) is 10.8 Å².